The molecule has 0 saturated carbocycles. The molecule has 0 bridgehead atoms. The Bertz CT molecular complexity index is 723. The van der Waals surface area contributed by atoms with Gasteiger partial charge in [0, 0.05) is 12.4 Å². The van der Waals surface area contributed by atoms with Crippen molar-refractivity contribution in [2.45, 2.75) is 0 Å². The first-order valence-corrected chi connectivity index (χ1v) is 6.16. The standard InChI is InChI=1S/C13H9BrN2O2/c1-16-12(10(14)6-15-16)13(17)9-7-18-11-5-3-2-4-8(9)11/h2-7H,1H3. The Balaban J connectivity index is 2.19. The third-order valence-electron chi connectivity index (χ3n) is 2.83. The van der Waals surface area contributed by atoms with Gasteiger partial charge in [0.1, 0.15) is 17.5 Å². The van der Waals surface area contributed by atoms with Crippen LogP contribution in [-0.2, 0) is 7.05 Å². The van der Waals surface area contributed by atoms with Gasteiger partial charge in [0.15, 0.2) is 0 Å². The second-order valence-corrected chi connectivity index (χ2v) is 4.79. The van der Waals surface area contributed by atoms with Gasteiger partial charge in [-0.05, 0) is 22.0 Å². The Kier molecular flexibility index (Phi) is 2.56. The number of halogens is 1. The molecule has 3 aromatic rings. The molecule has 0 aliphatic rings. The maximum absolute atomic E-state index is 12.5. The highest BCUT2D eigenvalue weighted by atomic mass is 79.9. The van der Waals surface area contributed by atoms with Gasteiger partial charge in [0.25, 0.3) is 0 Å². The lowest BCUT2D eigenvalue weighted by Gasteiger charge is -2.00. The van der Waals surface area contributed by atoms with Crippen LogP contribution in [0.5, 0.6) is 0 Å². The summed E-state index contributed by atoms with van der Waals surface area (Å²) in [7, 11) is 1.74. The first-order valence-electron chi connectivity index (χ1n) is 5.37. The number of para-hydroxylation sites is 1. The SMILES string of the molecule is Cn1ncc(Br)c1C(=O)c1coc2ccccc12. The van der Waals surface area contributed by atoms with Crippen LogP contribution in [-0.4, -0.2) is 15.6 Å². The Morgan fingerprint density at radius 3 is 2.89 bits per heavy atom. The van der Waals surface area contributed by atoms with E-state index in [9.17, 15) is 4.79 Å². The molecule has 0 saturated heterocycles. The fourth-order valence-corrected chi connectivity index (χ4v) is 2.48. The number of ketones is 1. The molecule has 0 aliphatic heterocycles. The van der Waals surface area contributed by atoms with Crippen LogP contribution < -0.4 is 0 Å². The van der Waals surface area contributed by atoms with Crippen molar-refractivity contribution in [2.75, 3.05) is 0 Å². The molecule has 0 fully saturated rings. The molecule has 0 amide bonds. The van der Waals surface area contributed by atoms with E-state index >= 15 is 0 Å². The van der Waals surface area contributed by atoms with Crippen LogP contribution in [0.15, 0.2) is 45.6 Å². The zero-order chi connectivity index (χ0) is 12.7. The van der Waals surface area contributed by atoms with E-state index in [-0.39, 0.29) is 5.78 Å². The van der Waals surface area contributed by atoms with E-state index < -0.39 is 0 Å². The van der Waals surface area contributed by atoms with E-state index in [0.29, 0.717) is 21.3 Å². The number of hydrogen-bond donors (Lipinski definition) is 0. The molecule has 3 rings (SSSR count). The van der Waals surface area contributed by atoms with E-state index in [4.69, 9.17) is 4.42 Å². The zero-order valence-electron chi connectivity index (χ0n) is 9.55. The molecule has 5 heteroatoms. The summed E-state index contributed by atoms with van der Waals surface area (Å²) in [6, 6.07) is 7.47. The summed E-state index contributed by atoms with van der Waals surface area (Å²) >= 11 is 3.33. The van der Waals surface area contributed by atoms with Gasteiger partial charge in [-0.3, -0.25) is 9.48 Å². The minimum absolute atomic E-state index is 0.105. The van der Waals surface area contributed by atoms with E-state index in [1.165, 1.54) is 6.26 Å². The van der Waals surface area contributed by atoms with Gasteiger partial charge in [-0.15, -0.1) is 0 Å². The highest BCUT2D eigenvalue weighted by molar-refractivity contribution is 9.10. The molecule has 18 heavy (non-hydrogen) atoms. The van der Waals surface area contributed by atoms with Crippen LogP contribution in [0.1, 0.15) is 16.1 Å². The molecule has 2 aromatic heterocycles. The van der Waals surface area contributed by atoms with Crippen molar-refractivity contribution in [1.29, 1.82) is 0 Å². The maximum Gasteiger partial charge on any atom is 0.216 e. The molecular weight excluding hydrogens is 296 g/mol. The van der Waals surface area contributed by atoms with Gasteiger partial charge in [-0.2, -0.15) is 5.10 Å². The van der Waals surface area contributed by atoms with Gasteiger partial charge in [-0.1, -0.05) is 18.2 Å². The summed E-state index contributed by atoms with van der Waals surface area (Å²) in [4.78, 5) is 12.5. The fourth-order valence-electron chi connectivity index (χ4n) is 1.95. The van der Waals surface area contributed by atoms with Gasteiger partial charge >= 0.3 is 0 Å². The number of hydrogen-bond acceptors (Lipinski definition) is 3. The van der Waals surface area contributed by atoms with Gasteiger partial charge in [-0.25, -0.2) is 0 Å². The largest absolute Gasteiger partial charge is 0.464 e. The van der Waals surface area contributed by atoms with Crippen molar-refractivity contribution >= 4 is 32.7 Å². The number of nitrogens with zero attached hydrogens (tertiary/aromatic N) is 2. The van der Waals surface area contributed by atoms with Crippen LogP contribution in [0, 0.1) is 0 Å². The quantitative estimate of drug-likeness (QED) is 0.683. The lowest BCUT2D eigenvalue weighted by Crippen LogP contribution is -2.08. The number of furan rings is 1. The van der Waals surface area contributed by atoms with Crippen molar-refractivity contribution < 1.29 is 9.21 Å². The highest BCUT2D eigenvalue weighted by Gasteiger charge is 2.21. The lowest BCUT2D eigenvalue weighted by molar-refractivity contribution is 0.103. The third-order valence-corrected chi connectivity index (χ3v) is 3.42. The van der Waals surface area contributed by atoms with Crippen molar-refractivity contribution in [2.24, 2.45) is 7.05 Å². The predicted molar refractivity (Wildman–Crippen MR) is 70.6 cm³/mol. The minimum Gasteiger partial charge on any atom is -0.464 e. The highest BCUT2D eigenvalue weighted by Crippen LogP contribution is 2.25. The predicted octanol–water partition coefficient (Wildman–Crippen LogP) is 3.16. The summed E-state index contributed by atoms with van der Waals surface area (Å²) in [6.07, 6.45) is 3.10. The number of carbonyl (C=O) groups excluding carboxylic acids is 1. The van der Waals surface area contributed by atoms with Crippen molar-refractivity contribution in [3.05, 3.63) is 52.5 Å². The second kappa shape index (κ2) is 4.10. The normalized spacial score (nSPS) is 11.0. The number of aromatic nitrogens is 2. The molecule has 0 aliphatic carbocycles. The van der Waals surface area contributed by atoms with E-state index in [2.05, 4.69) is 21.0 Å². The summed E-state index contributed by atoms with van der Waals surface area (Å²) in [5, 5.41) is 4.86. The molecule has 90 valence electrons. The number of carbonyl (C=O) groups is 1. The monoisotopic (exact) mass is 304 g/mol. The Labute approximate surface area is 111 Å². The molecule has 4 nitrogen and oxygen atoms in total. The van der Waals surface area contributed by atoms with Crippen LogP contribution in [0.4, 0.5) is 0 Å². The van der Waals surface area contributed by atoms with E-state index in [0.717, 1.165) is 5.39 Å². The summed E-state index contributed by atoms with van der Waals surface area (Å²) in [6.45, 7) is 0. The molecule has 0 unspecified atom stereocenters. The minimum atomic E-state index is -0.105. The van der Waals surface area contributed by atoms with Crippen LogP contribution >= 0.6 is 15.9 Å². The summed E-state index contributed by atoms with van der Waals surface area (Å²) in [5.41, 5.74) is 1.77. The fraction of sp³-hybridized carbons (Fsp3) is 0.0769. The maximum atomic E-state index is 12.5. The molecule has 0 N–H and O–H groups in total. The first kappa shape index (κ1) is 11.2. The lowest BCUT2D eigenvalue weighted by atomic mass is 10.1. The number of benzene rings is 1. The summed E-state index contributed by atoms with van der Waals surface area (Å²) < 4.78 is 7.61. The number of aryl methyl sites for hydroxylation is 1. The Hall–Kier alpha value is -1.88. The third kappa shape index (κ3) is 1.59. The van der Waals surface area contributed by atoms with Crippen LogP contribution in [0.2, 0.25) is 0 Å². The Morgan fingerprint density at radius 2 is 2.17 bits per heavy atom. The molecule has 0 radical (unpaired) electrons. The van der Waals surface area contributed by atoms with Crippen molar-refractivity contribution in [1.82, 2.24) is 9.78 Å². The molecular formula is C13H9BrN2O2. The van der Waals surface area contributed by atoms with E-state index in [1.807, 2.05) is 24.3 Å². The first-order chi connectivity index (χ1) is 8.68. The van der Waals surface area contributed by atoms with Crippen molar-refractivity contribution in [3.63, 3.8) is 0 Å². The van der Waals surface area contributed by atoms with Gasteiger partial charge in [0.05, 0.1) is 16.2 Å². The van der Waals surface area contributed by atoms with E-state index in [1.54, 1.807) is 17.9 Å². The molecule has 0 atom stereocenters. The van der Waals surface area contributed by atoms with Gasteiger partial charge < -0.3 is 4.42 Å². The average molecular weight is 305 g/mol. The zero-order valence-corrected chi connectivity index (χ0v) is 11.1. The number of fused-ring (bicyclic) bond motifs is 1. The van der Waals surface area contributed by atoms with Crippen molar-refractivity contribution in [3.8, 4) is 0 Å². The van der Waals surface area contributed by atoms with Crippen LogP contribution in [0.3, 0.4) is 0 Å². The summed E-state index contributed by atoms with van der Waals surface area (Å²) in [5.74, 6) is -0.105. The molecule has 0 spiro atoms. The average Bonchev–Trinajstić information content (AvgIpc) is 2.93. The topological polar surface area (TPSA) is 48.0 Å². The molecule has 1 aromatic carbocycles. The smallest absolute Gasteiger partial charge is 0.216 e. The Morgan fingerprint density at radius 1 is 1.39 bits per heavy atom. The second-order valence-electron chi connectivity index (χ2n) is 3.94. The van der Waals surface area contributed by atoms with Crippen LogP contribution in [0.25, 0.3) is 11.0 Å². The molecule has 2 heterocycles. The van der Waals surface area contributed by atoms with Gasteiger partial charge in [0.2, 0.25) is 5.78 Å². The number of rotatable bonds is 2.